The van der Waals surface area contributed by atoms with Gasteiger partial charge in [-0.15, -0.1) is 5.10 Å². The van der Waals surface area contributed by atoms with Crippen LogP contribution in [-0.2, 0) is 4.79 Å². The van der Waals surface area contributed by atoms with Gasteiger partial charge in [-0.2, -0.15) is 10.4 Å². The number of pyridine rings is 1. The molecule has 1 aromatic carbocycles. The number of fused-ring (bicyclic) bond motifs is 1. The fourth-order valence-electron chi connectivity index (χ4n) is 5.45. The van der Waals surface area contributed by atoms with Crippen molar-refractivity contribution in [3.63, 3.8) is 0 Å². The van der Waals surface area contributed by atoms with Crippen LogP contribution in [0.25, 0.3) is 10.8 Å². The van der Waals surface area contributed by atoms with Gasteiger partial charge in [0.25, 0.3) is 0 Å². The van der Waals surface area contributed by atoms with Crippen molar-refractivity contribution in [3.05, 3.63) is 52.8 Å². The molecule has 37 heavy (non-hydrogen) atoms. The standard InChI is InChI=1S/C28H34N8O/c1-18-22(16-29)5-4-6-23(18)19(2)32-27-24-15-26(31-17-25(24)20(3)33-34-27)35-11-13-36(14-12-35)28(37)21-7-9-30-10-8-21/h4-6,15,17,19,21,30H,7-14H2,1-3H3,(H,32,34)/t19-/m1/s1. The Hall–Kier alpha value is -3.77. The van der Waals surface area contributed by atoms with E-state index in [4.69, 9.17) is 4.98 Å². The Bertz CT molecular complexity index is 1340. The number of aryl methyl sites for hydroxylation is 1. The number of hydrogen-bond donors (Lipinski definition) is 2. The number of carbonyl (C=O) groups excluding carboxylic acids is 1. The van der Waals surface area contributed by atoms with Gasteiger partial charge in [0.2, 0.25) is 5.91 Å². The van der Waals surface area contributed by atoms with Crippen LogP contribution in [0.3, 0.4) is 0 Å². The zero-order chi connectivity index (χ0) is 25.9. The summed E-state index contributed by atoms with van der Waals surface area (Å²) in [4.78, 5) is 22.0. The molecule has 0 radical (unpaired) electrons. The highest BCUT2D eigenvalue weighted by molar-refractivity contribution is 5.94. The van der Waals surface area contributed by atoms with E-state index in [2.05, 4.69) is 44.8 Å². The first-order valence-electron chi connectivity index (χ1n) is 13.1. The lowest BCUT2D eigenvalue weighted by Crippen LogP contribution is -2.51. The van der Waals surface area contributed by atoms with E-state index < -0.39 is 0 Å². The number of aromatic nitrogens is 3. The number of hydrogen-bond acceptors (Lipinski definition) is 8. The molecular formula is C28H34N8O. The summed E-state index contributed by atoms with van der Waals surface area (Å²) >= 11 is 0. The number of nitrogens with zero attached hydrogens (tertiary/aromatic N) is 6. The molecule has 0 spiro atoms. The smallest absolute Gasteiger partial charge is 0.225 e. The summed E-state index contributed by atoms with van der Waals surface area (Å²) in [5.74, 6) is 2.03. The minimum Gasteiger partial charge on any atom is -0.362 e. The van der Waals surface area contributed by atoms with Crippen molar-refractivity contribution >= 4 is 28.3 Å². The minimum atomic E-state index is -0.0605. The van der Waals surface area contributed by atoms with Crippen LogP contribution >= 0.6 is 0 Å². The van der Waals surface area contributed by atoms with Crippen molar-refractivity contribution in [2.24, 2.45) is 5.92 Å². The van der Waals surface area contributed by atoms with Crippen LogP contribution in [-0.4, -0.2) is 65.3 Å². The first-order chi connectivity index (χ1) is 18.0. The topological polar surface area (TPSA) is 110 Å². The van der Waals surface area contributed by atoms with Crippen molar-refractivity contribution in [3.8, 4) is 6.07 Å². The monoisotopic (exact) mass is 498 g/mol. The van der Waals surface area contributed by atoms with E-state index in [1.54, 1.807) is 0 Å². The highest BCUT2D eigenvalue weighted by Crippen LogP contribution is 2.30. The average Bonchev–Trinajstić information content (AvgIpc) is 2.94. The zero-order valence-corrected chi connectivity index (χ0v) is 21.8. The molecule has 9 nitrogen and oxygen atoms in total. The van der Waals surface area contributed by atoms with Gasteiger partial charge in [-0.1, -0.05) is 12.1 Å². The molecule has 2 aliphatic heterocycles. The highest BCUT2D eigenvalue weighted by atomic mass is 16.2. The lowest BCUT2D eigenvalue weighted by Gasteiger charge is -2.37. The summed E-state index contributed by atoms with van der Waals surface area (Å²) < 4.78 is 0. The van der Waals surface area contributed by atoms with Crippen LogP contribution in [0.5, 0.6) is 0 Å². The number of piperazine rings is 1. The predicted octanol–water partition coefficient (Wildman–Crippen LogP) is 3.33. The number of rotatable bonds is 5. The number of anilines is 2. The highest BCUT2D eigenvalue weighted by Gasteiger charge is 2.29. The van der Waals surface area contributed by atoms with Gasteiger partial charge in [0, 0.05) is 49.1 Å². The maximum Gasteiger partial charge on any atom is 0.225 e. The van der Waals surface area contributed by atoms with Crippen molar-refractivity contribution in [1.29, 1.82) is 5.26 Å². The predicted molar refractivity (Wildman–Crippen MR) is 144 cm³/mol. The first-order valence-corrected chi connectivity index (χ1v) is 13.1. The van der Waals surface area contributed by atoms with Gasteiger partial charge < -0.3 is 20.4 Å². The Kier molecular flexibility index (Phi) is 7.19. The van der Waals surface area contributed by atoms with Crippen LogP contribution in [0, 0.1) is 31.1 Å². The second kappa shape index (κ2) is 10.7. The van der Waals surface area contributed by atoms with E-state index in [1.807, 2.05) is 43.1 Å². The van der Waals surface area contributed by atoms with Crippen molar-refractivity contribution in [2.75, 3.05) is 49.5 Å². The van der Waals surface area contributed by atoms with Crippen LogP contribution < -0.4 is 15.5 Å². The molecule has 5 rings (SSSR count). The Morgan fingerprint density at radius 2 is 1.89 bits per heavy atom. The summed E-state index contributed by atoms with van der Waals surface area (Å²) in [5.41, 5.74) is 3.52. The van der Waals surface area contributed by atoms with E-state index in [0.29, 0.717) is 30.4 Å². The lowest BCUT2D eigenvalue weighted by molar-refractivity contribution is -0.136. The summed E-state index contributed by atoms with van der Waals surface area (Å²) in [5, 5.41) is 27.0. The molecule has 4 heterocycles. The molecular weight excluding hydrogens is 464 g/mol. The van der Waals surface area contributed by atoms with E-state index in [0.717, 1.165) is 72.4 Å². The lowest BCUT2D eigenvalue weighted by atomic mass is 9.96. The van der Waals surface area contributed by atoms with Gasteiger partial charge in [-0.25, -0.2) is 4.98 Å². The Balaban J connectivity index is 1.35. The molecule has 1 atom stereocenters. The van der Waals surface area contributed by atoms with Gasteiger partial charge in [0.15, 0.2) is 5.82 Å². The molecule has 0 aliphatic carbocycles. The zero-order valence-electron chi connectivity index (χ0n) is 21.8. The molecule has 3 aromatic rings. The maximum atomic E-state index is 13.0. The van der Waals surface area contributed by atoms with E-state index in [-0.39, 0.29) is 12.0 Å². The number of carbonyl (C=O) groups is 1. The molecule has 0 unspecified atom stereocenters. The number of nitrogens with one attached hydrogen (secondary N) is 2. The molecule has 2 aromatic heterocycles. The average molecular weight is 499 g/mol. The van der Waals surface area contributed by atoms with E-state index >= 15 is 0 Å². The number of piperidine rings is 1. The van der Waals surface area contributed by atoms with Crippen molar-refractivity contribution in [1.82, 2.24) is 25.4 Å². The molecule has 9 heteroatoms. The third-order valence-corrected chi connectivity index (χ3v) is 7.75. The molecule has 2 aliphatic rings. The molecule has 2 fully saturated rings. The normalized spacial score (nSPS) is 17.5. The third-order valence-electron chi connectivity index (χ3n) is 7.75. The minimum absolute atomic E-state index is 0.0605. The summed E-state index contributed by atoms with van der Waals surface area (Å²) in [7, 11) is 0. The van der Waals surface area contributed by atoms with Crippen LogP contribution in [0.15, 0.2) is 30.5 Å². The first kappa shape index (κ1) is 24.9. The number of amides is 1. The Labute approximate surface area is 217 Å². The van der Waals surface area contributed by atoms with E-state index in [1.165, 1.54) is 0 Å². The second-order valence-electron chi connectivity index (χ2n) is 10.1. The summed E-state index contributed by atoms with van der Waals surface area (Å²) in [6.45, 7) is 10.8. The molecule has 192 valence electrons. The second-order valence-corrected chi connectivity index (χ2v) is 10.1. The Morgan fingerprint density at radius 1 is 1.14 bits per heavy atom. The summed E-state index contributed by atoms with van der Waals surface area (Å²) in [6, 6.07) is 10.1. The molecule has 0 bridgehead atoms. The SMILES string of the molecule is Cc1c(C#N)cccc1[C@@H](C)Nc1nnc(C)c2cnc(N3CCN(C(=O)C4CCNCC4)CC3)cc12. The Morgan fingerprint density at radius 3 is 2.62 bits per heavy atom. The number of benzene rings is 1. The van der Waals surface area contributed by atoms with Crippen molar-refractivity contribution in [2.45, 2.75) is 39.7 Å². The fraction of sp³-hybridized carbons (Fsp3) is 0.464. The largest absolute Gasteiger partial charge is 0.362 e. The molecule has 1 amide bonds. The summed E-state index contributed by atoms with van der Waals surface area (Å²) in [6.07, 6.45) is 3.74. The molecule has 2 saturated heterocycles. The fourth-order valence-corrected chi connectivity index (χ4v) is 5.45. The number of nitriles is 1. The van der Waals surface area contributed by atoms with Crippen LogP contribution in [0.1, 0.15) is 48.2 Å². The van der Waals surface area contributed by atoms with Crippen LogP contribution in [0.4, 0.5) is 11.6 Å². The van der Waals surface area contributed by atoms with Crippen LogP contribution in [0.2, 0.25) is 0 Å². The van der Waals surface area contributed by atoms with Gasteiger partial charge in [0.1, 0.15) is 5.82 Å². The van der Waals surface area contributed by atoms with Gasteiger partial charge >= 0.3 is 0 Å². The van der Waals surface area contributed by atoms with Gasteiger partial charge in [-0.05, 0) is 70.0 Å². The quantitative estimate of drug-likeness (QED) is 0.551. The molecule has 0 saturated carbocycles. The van der Waals surface area contributed by atoms with E-state index in [9.17, 15) is 10.1 Å². The molecule has 2 N–H and O–H groups in total. The van der Waals surface area contributed by atoms with Gasteiger partial charge in [-0.3, -0.25) is 4.79 Å². The third kappa shape index (κ3) is 5.07. The maximum absolute atomic E-state index is 13.0. The van der Waals surface area contributed by atoms with Gasteiger partial charge in [0.05, 0.1) is 23.4 Å². The van der Waals surface area contributed by atoms with Crippen molar-refractivity contribution < 1.29 is 4.79 Å².